The Morgan fingerprint density at radius 2 is 2.32 bits per heavy atom. The Bertz CT molecular complexity index is 523. The average Bonchev–Trinajstić information content (AvgIpc) is 2.75. The van der Waals surface area contributed by atoms with Gasteiger partial charge >= 0.3 is 0 Å². The van der Waals surface area contributed by atoms with Crippen LogP contribution in [0, 0.1) is 6.92 Å². The second kappa shape index (κ2) is 6.54. The lowest BCUT2D eigenvalue weighted by Gasteiger charge is -2.18. The fourth-order valence-corrected chi connectivity index (χ4v) is 2.23. The number of aryl methyl sites for hydroxylation is 1. The highest BCUT2D eigenvalue weighted by molar-refractivity contribution is 5.79. The second-order valence-corrected chi connectivity index (χ2v) is 4.78. The van der Waals surface area contributed by atoms with Crippen LogP contribution in [0.5, 0.6) is 0 Å². The van der Waals surface area contributed by atoms with E-state index in [1.54, 1.807) is 7.11 Å². The average molecular weight is 262 g/mol. The summed E-state index contributed by atoms with van der Waals surface area (Å²) in [6.45, 7) is 3.35. The smallest absolute Gasteiger partial charge is 0.104 e. The summed E-state index contributed by atoms with van der Waals surface area (Å²) in [6.07, 6.45) is 2.00. The maximum atomic E-state index is 5.56. The van der Waals surface area contributed by atoms with Crippen LogP contribution in [0.15, 0.2) is 18.2 Å². The maximum absolute atomic E-state index is 5.56. The molecule has 0 bridgehead atoms. The Morgan fingerprint density at radius 3 is 3.05 bits per heavy atom. The van der Waals surface area contributed by atoms with Gasteiger partial charge in [0.2, 0.25) is 0 Å². The molecule has 0 aliphatic carbocycles. The molecule has 0 spiro atoms. The molecule has 19 heavy (non-hydrogen) atoms. The van der Waals surface area contributed by atoms with Gasteiger partial charge in [0.1, 0.15) is 5.82 Å². The molecule has 5 heteroatoms. The van der Waals surface area contributed by atoms with E-state index in [4.69, 9.17) is 10.5 Å². The molecule has 1 aromatic carbocycles. The lowest BCUT2D eigenvalue weighted by Crippen LogP contribution is -2.25. The molecule has 0 fully saturated rings. The molecule has 2 rings (SSSR count). The van der Waals surface area contributed by atoms with Gasteiger partial charge in [-0.05, 0) is 44.5 Å². The molecule has 0 amide bonds. The van der Waals surface area contributed by atoms with Crippen LogP contribution in [0.25, 0.3) is 11.0 Å². The van der Waals surface area contributed by atoms with Gasteiger partial charge < -0.3 is 20.8 Å². The lowest BCUT2D eigenvalue weighted by molar-refractivity contribution is 0.182. The molecule has 2 aromatic rings. The monoisotopic (exact) mass is 262 g/mol. The highest BCUT2D eigenvalue weighted by Gasteiger charge is 2.08. The van der Waals surface area contributed by atoms with Crippen molar-refractivity contribution in [2.24, 2.45) is 5.73 Å². The summed E-state index contributed by atoms with van der Waals surface area (Å²) in [5.74, 6) is 0.934. The molecule has 1 aromatic heterocycles. The summed E-state index contributed by atoms with van der Waals surface area (Å²) in [7, 11) is 1.72. The first-order valence-electron chi connectivity index (χ1n) is 6.65. The Balaban J connectivity index is 2.08. The predicted octanol–water partition coefficient (Wildman–Crippen LogP) is 2.04. The minimum Gasteiger partial charge on any atom is -0.383 e. The molecule has 5 nitrogen and oxygen atoms in total. The topological polar surface area (TPSA) is 76.0 Å². The van der Waals surface area contributed by atoms with Crippen molar-refractivity contribution < 1.29 is 4.74 Å². The third-order valence-corrected chi connectivity index (χ3v) is 3.10. The van der Waals surface area contributed by atoms with Crippen molar-refractivity contribution in [3.63, 3.8) is 0 Å². The van der Waals surface area contributed by atoms with Gasteiger partial charge in [0.05, 0.1) is 17.6 Å². The Labute approximate surface area is 113 Å². The highest BCUT2D eigenvalue weighted by Crippen LogP contribution is 2.18. The zero-order chi connectivity index (χ0) is 13.7. The number of hydrogen-bond acceptors (Lipinski definition) is 4. The van der Waals surface area contributed by atoms with Crippen molar-refractivity contribution in [2.45, 2.75) is 25.8 Å². The number of anilines is 1. The summed E-state index contributed by atoms with van der Waals surface area (Å²) < 4.78 is 5.24. The van der Waals surface area contributed by atoms with Gasteiger partial charge in [0, 0.05) is 18.8 Å². The van der Waals surface area contributed by atoms with Gasteiger partial charge in [-0.1, -0.05) is 0 Å². The van der Waals surface area contributed by atoms with Crippen LogP contribution >= 0.6 is 0 Å². The number of benzene rings is 1. The zero-order valence-corrected chi connectivity index (χ0v) is 11.6. The molecule has 1 atom stereocenters. The Morgan fingerprint density at radius 1 is 1.47 bits per heavy atom. The van der Waals surface area contributed by atoms with Crippen LogP contribution in [0.2, 0.25) is 0 Å². The number of H-pyrrole nitrogens is 1. The first kappa shape index (κ1) is 13.8. The lowest BCUT2D eigenvalue weighted by atomic mass is 10.1. The third-order valence-electron chi connectivity index (χ3n) is 3.10. The largest absolute Gasteiger partial charge is 0.383 e. The molecule has 1 heterocycles. The van der Waals surface area contributed by atoms with Crippen molar-refractivity contribution in [3.05, 3.63) is 24.0 Å². The molecule has 0 aliphatic heterocycles. The molecule has 4 N–H and O–H groups in total. The number of fused-ring (bicyclic) bond motifs is 1. The highest BCUT2D eigenvalue weighted by atomic mass is 16.5. The van der Waals surface area contributed by atoms with Crippen molar-refractivity contribution >= 4 is 16.7 Å². The van der Waals surface area contributed by atoms with Crippen LogP contribution in [0.1, 0.15) is 18.7 Å². The van der Waals surface area contributed by atoms with Crippen LogP contribution in [0.3, 0.4) is 0 Å². The number of nitrogens with one attached hydrogen (secondary N) is 2. The van der Waals surface area contributed by atoms with Gasteiger partial charge in [-0.15, -0.1) is 0 Å². The minimum atomic E-state index is 0.287. The summed E-state index contributed by atoms with van der Waals surface area (Å²) in [6, 6.07) is 6.44. The van der Waals surface area contributed by atoms with Gasteiger partial charge in [-0.2, -0.15) is 0 Å². The van der Waals surface area contributed by atoms with E-state index in [1.165, 1.54) is 0 Å². The number of imidazole rings is 1. The molecule has 0 saturated carbocycles. The van der Waals surface area contributed by atoms with E-state index in [1.807, 2.05) is 19.1 Å². The van der Waals surface area contributed by atoms with Crippen LogP contribution in [0.4, 0.5) is 5.69 Å². The van der Waals surface area contributed by atoms with E-state index in [0.29, 0.717) is 13.2 Å². The molecular weight excluding hydrogens is 240 g/mol. The van der Waals surface area contributed by atoms with Gasteiger partial charge in [0.25, 0.3) is 0 Å². The number of nitrogens with two attached hydrogens (primary N) is 1. The molecule has 104 valence electrons. The fraction of sp³-hybridized carbons (Fsp3) is 0.500. The molecule has 1 unspecified atom stereocenters. The SMILES string of the molecule is COCC(CCCN)Nc1ccc2nc(C)[nH]c2c1. The first-order valence-corrected chi connectivity index (χ1v) is 6.65. The maximum Gasteiger partial charge on any atom is 0.104 e. The number of rotatable bonds is 7. The number of aromatic nitrogens is 2. The number of nitrogens with zero attached hydrogens (tertiary/aromatic N) is 1. The van der Waals surface area contributed by atoms with E-state index >= 15 is 0 Å². The van der Waals surface area contributed by atoms with Crippen molar-refractivity contribution in [2.75, 3.05) is 25.6 Å². The van der Waals surface area contributed by atoms with Crippen LogP contribution in [-0.2, 0) is 4.74 Å². The van der Waals surface area contributed by atoms with Crippen molar-refractivity contribution in [3.8, 4) is 0 Å². The van der Waals surface area contributed by atoms with E-state index in [2.05, 4.69) is 21.4 Å². The summed E-state index contributed by atoms with van der Waals surface area (Å²) in [5.41, 5.74) is 8.69. The summed E-state index contributed by atoms with van der Waals surface area (Å²) in [5, 5.41) is 3.49. The first-order chi connectivity index (χ1) is 9.22. The van der Waals surface area contributed by atoms with Gasteiger partial charge in [-0.25, -0.2) is 4.98 Å². The second-order valence-electron chi connectivity index (χ2n) is 4.78. The van der Waals surface area contributed by atoms with Crippen LogP contribution < -0.4 is 11.1 Å². The predicted molar refractivity (Wildman–Crippen MR) is 78.4 cm³/mol. The Kier molecular flexibility index (Phi) is 4.76. The standard InChI is InChI=1S/C14H22N4O/c1-10-16-13-6-5-11(8-14(13)17-10)18-12(9-19-2)4-3-7-15/h5-6,8,12,18H,3-4,7,9,15H2,1-2H3,(H,16,17). The normalized spacial score (nSPS) is 12.8. The zero-order valence-electron chi connectivity index (χ0n) is 11.6. The summed E-state index contributed by atoms with van der Waals surface area (Å²) in [4.78, 5) is 7.64. The molecule has 0 aliphatic rings. The van der Waals surface area contributed by atoms with E-state index in [0.717, 1.165) is 35.4 Å². The van der Waals surface area contributed by atoms with Crippen LogP contribution in [-0.4, -0.2) is 36.3 Å². The van der Waals surface area contributed by atoms with Crippen molar-refractivity contribution in [1.29, 1.82) is 0 Å². The van der Waals surface area contributed by atoms with E-state index in [-0.39, 0.29) is 6.04 Å². The fourth-order valence-electron chi connectivity index (χ4n) is 2.23. The molecular formula is C14H22N4O. The number of aromatic amines is 1. The van der Waals surface area contributed by atoms with E-state index < -0.39 is 0 Å². The number of methoxy groups -OCH3 is 1. The number of hydrogen-bond donors (Lipinski definition) is 3. The Hall–Kier alpha value is -1.59. The van der Waals surface area contributed by atoms with E-state index in [9.17, 15) is 0 Å². The minimum absolute atomic E-state index is 0.287. The molecule has 0 radical (unpaired) electrons. The van der Waals surface area contributed by atoms with Gasteiger partial charge in [0.15, 0.2) is 0 Å². The summed E-state index contributed by atoms with van der Waals surface area (Å²) >= 11 is 0. The third kappa shape index (κ3) is 3.68. The number of ether oxygens (including phenoxy) is 1. The quantitative estimate of drug-likeness (QED) is 0.713. The van der Waals surface area contributed by atoms with Crippen molar-refractivity contribution in [1.82, 2.24) is 9.97 Å². The van der Waals surface area contributed by atoms with Gasteiger partial charge in [-0.3, -0.25) is 0 Å². The molecule has 0 saturated heterocycles.